The van der Waals surface area contributed by atoms with Crippen molar-refractivity contribution in [1.29, 1.82) is 5.26 Å². The average Bonchev–Trinajstić information content (AvgIpc) is 2.96. The normalized spacial score (nSPS) is 11.9. The van der Waals surface area contributed by atoms with Crippen molar-refractivity contribution in [3.63, 3.8) is 0 Å². The lowest BCUT2D eigenvalue weighted by molar-refractivity contribution is -0.119. The Morgan fingerprint density at radius 3 is 2.79 bits per heavy atom. The van der Waals surface area contributed by atoms with E-state index in [0.717, 1.165) is 5.56 Å². The van der Waals surface area contributed by atoms with Crippen molar-refractivity contribution in [1.82, 2.24) is 19.6 Å². The molecule has 0 aliphatic rings. The summed E-state index contributed by atoms with van der Waals surface area (Å²) in [4.78, 5) is 12.1. The van der Waals surface area contributed by atoms with Crippen LogP contribution < -0.4 is 5.32 Å². The monoisotopic (exact) mass is 258 g/mol. The maximum atomic E-state index is 12.1. The number of aromatic nitrogens is 4. The molecule has 0 saturated heterocycles. The molecule has 2 aromatic rings. The van der Waals surface area contributed by atoms with E-state index in [0.29, 0.717) is 11.4 Å². The number of nitrogens with one attached hydrogen (secondary N) is 1. The van der Waals surface area contributed by atoms with Crippen LogP contribution in [0.4, 0.5) is 5.82 Å². The molecule has 0 aromatic carbocycles. The first kappa shape index (κ1) is 12.8. The van der Waals surface area contributed by atoms with E-state index in [4.69, 9.17) is 5.26 Å². The zero-order chi connectivity index (χ0) is 14.0. The van der Waals surface area contributed by atoms with Gasteiger partial charge < -0.3 is 5.32 Å². The molecule has 2 heterocycles. The highest BCUT2D eigenvalue weighted by molar-refractivity contribution is 5.93. The second-order valence-electron chi connectivity index (χ2n) is 4.31. The van der Waals surface area contributed by atoms with Gasteiger partial charge in [-0.2, -0.15) is 15.5 Å². The summed E-state index contributed by atoms with van der Waals surface area (Å²) in [6, 6.07) is 1.52. The zero-order valence-corrected chi connectivity index (χ0v) is 11.0. The maximum absolute atomic E-state index is 12.1. The van der Waals surface area contributed by atoms with Crippen molar-refractivity contribution in [2.75, 3.05) is 5.32 Å². The molecular weight excluding hydrogens is 244 g/mol. The smallest absolute Gasteiger partial charge is 0.250 e. The Labute approximate surface area is 110 Å². The van der Waals surface area contributed by atoms with Gasteiger partial charge in [-0.1, -0.05) is 0 Å². The van der Waals surface area contributed by atoms with Crippen LogP contribution in [0.15, 0.2) is 18.6 Å². The molecule has 0 bridgehead atoms. The van der Waals surface area contributed by atoms with Gasteiger partial charge in [-0.05, 0) is 19.4 Å². The maximum Gasteiger partial charge on any atom is 0.250 e. The van der Waals surface area contributed by atoms with Crippen molar-refractivity contribution in [2.45, 2.75) is 19.9 Å². The molecule has 2 rings (SSSR count). The lowest BCUT2D eigenvalue weighted by Gasteiger charge is -2.12. The predicted octanol–water partition coefficient (Wildman–Crippen LogP) is 0.996. The fourth-order valence-electron chi connectivity index (χ4n) is 1.65. The standard InChI is InChI=1S/C12H14N6O/c1-8-5-15-18(7-8)9(2)12(19)16-11-10(4-13)6-14-17(11)3/h5-7,9H,1-3H3,(H,16,19). The molecule has 2 aromatic heterocycles. The molecule has 1 atom stereocenters. The molecular formula is C12H14N6O. The summed E-state index contributed by atoms with van der Waals surface area (Å²) in [5.41, 5.74) is 1.32. The first-order valence-electron chi connectivity index (χ1n) is 5.76. The summed E-state index contributed by atoms with van der Waals surface area (Å²) in [6.45, 7) is 3.65. The van der Waals surface area contributed by atoms with Gasteiger partial charge in [0.1, 0.15) is 23.5 Å². The van der Waals surface area contributed by atoms with E-state index in [1.807, 2.05) is 13.0 Å². The largest absolute Gasteiger partial charge is 0.308 e. The van der Waals surface area contributed by atoms with E-state index in [1.54, 1.807) is 31.0 Å². The van der Waals surface area contributed by atoms with Crippen LogP contribution in [0, 0.1) is 18.3 Å². The van der Waals surface area contributed by atoms with Crippen molar-refractivity contribution in [3.8, 4) is 6.07 Å². The predicted molar refractivity (Wildman–Crippen MR) is 68.2 cm³/mol. The molecule has 1 N–H and O–H groups in total. The van der Waals surface area contributed by atoms with Crippen molar-refractivity contribution >= 4 is 11.7 Å². The molecule has 0 radical (unpaired) electrons. The Morgan fingerprint density at radius 2 is 2.21 bits per heavy atom. The van der Waals surface area contributed by atoms with E-state index < -0.39 is 6.04 Å². The van der Waals surface area contributed by atoms with E-state index >= 15 is 0 Å². The number of carbonyl (C=O) groups excluding carboxylic acids is 1. The van der Waals surface area contributed by atoms with Crippen LogP contribution in [0.3, 0.4) is 0 Å². The third-order valence-electron chi connectivity index (χ3n) is 2.81. The number of nitrogens with zero attached hydrogens (tertiary/aromatic N) is 5. The number of nitriles is 1. The Balaban J connectivity index is 2.17. The van der Waals surface area contributed by atoms with E-state index in [1.165, 1.54) is 10.9 Å². The van der Waals surface area contributed by atoms with Crippen LogP contribution in [0.2, 0.25) is 0 Å². The van der Waals surface area contributed by atoms with Crippen LogP contribution >= 0.6 is 0 Å². The van der Waals surface area contributed by atoms with Crippen molar-refractivity contribution in [2.24, 2.45) is 7.05 Å². The number of hydrogen-bond donors (Lipinski definition) is 1. The highest BCUT2D eigenvalue weighted by Crippen LogP contribution is 2.15. The van der Waals surface area contributed by atoms with Gasteiger partial charge >= 0.3 is 0 Å². The summed E-state index contributed by atoms with van der Waals surface area (Å²) < 4.78 is 3.03. The molecule has 0 fully saturated rings. The molecule has 0 saturated carbocycles. The summed E-state index contributed by atoms with van der Waals surface area (Å²) in [7, 11) is 1.67. The van der Waals surface area contributed by atoms with E-state index in [2.05, 4.69) is 15.5 Å². The van der Waals surface area contributed by atoms with Crippen LogP contribution in [-0.2, 0) is 11.8 Å². The number of aryl methyl sites for hydroxylation is 2. The van der Waals surface area contributed by atoms with Gasteiger partial charge in [0.15, 0.2) is 0 Å². The number of carbonyl (C=O) groups is 1. The van der Waals surface area contributed by atoms with Gasteiger partial charge in [0, 0.05) is 13.2 Å². The van der Waals surface area contributed by atoms with Gasteiger partial charge in [-0.3, -0.25) is 14.2 Å². The van der Waals surface area contributed by atoms with E-state index in [9.17, 15) is 4.79 Å². The molecule has 0 spiro atoms. The fourth-order valence-corrected chi connectivity index (χ4v) is 1.65. The minimum absolute atomic E-state index is 0.247. The van der Waals surface area contributed by atoms with Crippen LogP contribution in [-0.4, -0.2) is 25.5 Å². The lowest BCUT2D eigenvalue weighted by atomic mass is 10.3. The Bertz CT molecular complexity index is 647. The first-order chi connectivity index (χ1) is 9.02. The van der Waals surface area contributed by atoms with Gasteiger partial charge in [-0.25, -0.2) is 0 Å². The van der Waals surface area contributed by atoms with Crippen molar-refractivity contribution in [3.05, 3.63) is 29.7 Å². The highest BCUT2D eigenvalue weighted by atomic mass is 16.2. The minimum Gasteiger partial charge on any atom is -0.308 e. The number of amides is 1. The third kappa shape index (κ3) is 2.47. The van der Waals surface area contributed by atoms with Crippen LogP contribution in [0.5, 0.6) is 0 Å². The molecule has 98 valence electrons. The molecule has 0 aliphatic heterocycles. The first-order valence-corrected chi connectivity index (χ1v) is 5.76. The third-order valence-corrected chi connectivity index (χ3v) is 2.81. The second kappa shape index (κ2) is 4.94. The summed E-state index contributed by atoms with van der Waals surface area (Å²) in [5, 5.41) is 19.7. The van der Waals surface area contributed by atoms with Crippen molar-refractivity contribution < 1.29 is 4.79 Å². The zero-order valence-electron chi connectivity index (χ0n) is 11.0. The molecule has 19 heavy (non-hydrogen) atoms. The minimum atomic E-state index is -0.463. The average molecular weight is 258 g/mol. The Hall–Kier alpha value is -2.62. The number of hydrogen-bond acceptors (Lipinski definition) is 4. The summed E-state index contributed by atoms with van der Waals surface area (Å²) in [6.07, 6.45) is 4.89. The number of anilines is 1. The van der Waals surface area contributed by atoms with Gasteiger partial charge in [0.2, 0.25) is 5.91 Å². The number of rotatable bonds is 3. The molecule has 7 heteroatoms. The second-order valence-corrected chi connectivity index (χ2v) is 4.31. The Morgan fingerprint density at radius 1 is 1.47 bits per heavy atom. The van der Waals surface area contributed by atoms with E-state index in [-0.39, 0.29) is 5.91 Å². The van der Waals surface area contributed by atoms with Gasteiger partial charge in [0.25, 0.3) is 0 Å². The summed E-state index contributed by atoms with van der Waals surface area (Å²) in [5.74, 6) is 0.145. The summed E-state index contributed by atoms with van der Waals surface area (Å²) >= 11 is 0. The molecule has 1 unspecified atom stereocenters. The van der Waals surface area contributed by atoms with Gasteiger partial charge in [0.05, 0.1) is 12.4 Å². The molecule has 7 nitrogen and oxygen atoms in total. The quantitative estimate of drug-likeness (QED) is 0.889. The Kier molecular flexibility index (Phi) is 3.33. The topological polar surface area (TPSA) is 88.5 Å². The highest BCUT2D eigenvalue weighted by Gasteiger charge is 2.19. The van der Waals surface area contributed by atoms with Crippen LogP contribution in [0.25, 0.3) is 0 Å². The van der Waals surface area contributed by atoms with Crippen LogP contribution in [0.1, 0.15) is 24.1 Å². The SMILES string of the molecule is Cc1cnn(C(C)C(=O)Nc2c(C#N)cnn2C)c1. The fraction of sp³-hybridized carbons (Fsp3) is 0.333. The lowest BCUT2D eigenvalue weighted by Crippen LogP contribution is -2.25. The van der Waals surface area contributed by atoms with Gasteiger partial charge in [-0.15, -0.1) is 0 Å². The molecule has 0 aliphatic carbocycles. The molecule has 1 amide bonds.